The highest BCUT2D eigenvalue weighted by molar-refractivity contribution is 6.01. The molecule has 0 bridgehead atoms. The summed E-state index contributed by atoms with van der Waals surface area (Å²) in [6.07, 6.45) is -1.82. The number of nitrogens with one attached hydrogen (secondary N) is 1. The zero-order valence-corrected chi connectivity index (χ0v) is 12.1. The van der Waals surface area contributed by atoms with Gasteiger partial charge in [0.15, 0.2) is 0 Å². The van der Waals surface area contributed by atoms with Crippen LogP contribution in [0.15, 0.2) is 54.6 Å². The second-order valence-corrected chi connectivity index (χ2v) is 4.75. The Labute approximate surface area is 134 Å². The molecule has 2 aromatic rings. The lowest BCUT2D eigenvalue weighted by Gasteiger charge is -2.07. The van der Waals surface area contributed by atoms with Gasteiger partial charge in [-0.3, -0.25) is 14.9 Å². The van der Waals surface area contributed by atoms with Crippen LogP contribution in [0.1, 0.15) is 11.1 Å². The number of nitrogens with zero attached hydrogens (tertiary/aromatic N) is 1. The van der Waals surface area contributed by atoms with Gasteiger partial charge >= 0.3 is 6.18 Å². The molecule has 0 fully saturated rings. The first-order chi connectivity index (χ1) is 11.3. The lowest BCUT2D eigenvalue weighted by atomic mass is 10.2. The summed E-state index contributed by atoms with van der Waals surface area (Å²) in [7, 11) is 0. The third kappa shape index (κ3) is 4.67. The number of hydrogen-bond donors (Lipinski definition) is 1. The lowest BCUT2D eigenvalue weighted by Crippen LogP contribution is -2.09. The lowest BCUT2D eigenvalue weighted by molar-refractivity contribution is -0.384. The summed E-state index contributed by atoms with van der Waals surface area (Å²) < 4.78 is 37.3. The highest BCUT2D eigenvalue weighted by Crippen LogP contribution is 2.29. The number of nitro benzene ring substituents is 1. The molecule has 0 aromatic heterocycles. The molecule has 1 amide bonds. The smallest absolute Gasteiger partial charge is 0.323 e. The van der Waals surface area contributed by atoms with Gasteiger partial charge < -0.3 is 5.32 Å². The first kappa shape index (κ1) is 17.2. The minimum Gasteiger partial charge on any atom is -0.323 e. The Balaban J connectivity index is 1.98. The van der Waals surface area contributed by atoms with Gasteiger partial charge in [0.2, 0.25) is 5.91 Å². The van der Waals surface area contributed by atoms with Crippen LogP contribution in [-0.2, 0) is 11.0 Å². The zero-order chi connectivity index (χ0) is 17.7. The van der Waals surface area contributed by atoms with E-state index in [0.29, 0.717) is 5.56 Å². The second kappa shape index (κ2) is 6.95. The molecule has 1 N–H and O–H groups in total. The van der Waals surface area contributed by atoms with Gasteiger partial charge in [-0.15, -0.1) is 0 Å². The summed E-state index contributed by atoms with van der Waals surface area (Å²) in [5.41, 5.74) is -0.0761. The van der Waals surface area contributed by atoms with Gasteiger partial charge in [-0.1, -0.05) is 0 Å². The Kier molecular flexibility index (Phi) is 4.98. The number of anilines is 1. The van der Waals surface area contributed by atoms with Gasteiger partial charge in [0.1, 0.15) is 0 Å². The molecule has 0 heterocycles. The fourth-order valence-corrected chi connectivity index (χ4v) is 1.81. The number of benzene rings is 2. The maximum Gasteiger partial charge on any atom is 0.416 e. The molecular formula is C16H11F3N2O3. The van der Waals surface area contributed by atoms with Gasteiger partial charge in [0, 0.05) is 23.9 Å². The van der Waals surface area contributed by atoms with Crippen LogP contribution in [0.2, 0.25) is 0 Å². The Bertz CT molecular complexity index is 767. The summed E-state index contributed by atoms with van der Waals surface area (Å²) in [4.78, 5) is 21.7. The van der Waals surface area contributed by atoms with Gasteiger partial charge in [-0.05, 0) is 48.0 Å². The van der Waals surface area contributed by atoms with Crippen LogP contribution < -0.4 is 5.32 Å². The number of halogens is 3. The van der Waals surface area contributed by atoms with E-state index in [2.05, 4.69) is 5.32 Å². The highest BCUT2D eigenvalue weighted by Gasteiger charge is 2.29. The second-order valence-electron chi connectivity index (χ2n) is 4.75. The predicted molar refractivity (Wildman–Crippen MR) is 82.2 cm³/mol. The Morgan fingerprint density at radius 3 is 2.12 bits per heavy atom. The SMILES string of the molecule is O=C(C=Cc1ccc([N+](=O)[O-])cc1)Nc1ccc(C(F)(F)F)cc1. The van der Waals surface area contributed by atoms with E-state index < -0.39 is 22.6 Å². The van der Waals surface area contributed by atoms with Crippen molar-refractivity contribution < 1.29 is 22.9 Å². The minimum atomic E-state index is -4.43. The van der Waals surface area contributed by atoms with E-state index in [1.165, 1.54) is 36.4 Å². The first-order valence-corrected chi connectivity index (χ1v) is 6.66. The number of non-ortho nitro benzene ring substituents is 1. The molecule has 0 saturated carbocycles. The standard InChI is InChI=1S/C16H11F3N2O3/c17-16(18,19)12-4-6-13(7-5-12)20-15(22)10-3-11-1-8-14(9-2-11)21(23)24/h1-10H,(H,20,22). The normalized spacial score (nSPS) is 11.5. The molecule has 0 aliphatic rings. The summed E-state index contributed by atoms with van der Waals surface area (Å²) in [5, 5.41) is 12.9. The topological polar surface area (TPSA) is 72.2 Å². The predicted octanol–water partition coefficient (Wildman–Crippen LogP) is 4.27. The van der Waals surface area contributed by atoms with Crippen LogP contribution in [0.4, 0.5) is 24.5 Å². The van der Waals surface area contributed by atoms with E-state index >= 15 is 0 Å². The van der Waals surface area contributed by atoms with Crippen molar-refractivity contribution in [3.05, 3.63) is 75.8 Å². The minimum absolute atomic E-state index is 0.0682. The summed E-state index contributed by atoms with van der Waals surface area (Å²) >= 11 is 0. The summed E-state index contributed by atoms with van der Waals surface area (Å²) in [5.74, 6) is -0.534. The quantitative estimate of drug-likeness (QED) is 0.515. The summed E-state index contributed by atoms with van der Waals surface area (Å²) in [6.45, 7) is 0. The van der Waals surface area contributed by atoms with Crippen molar-refractivity contribution in [1.29, 1.82) is 0 Å². The van der Waals surface area contributed by atoms with E-state index in [-0.39, 0.29) is 11.4 Å². The molecule has 0 aliphatic heterocycles. The van der Waals surface area contributed by atoms with Crippen molar-refractivity contribution in [3.8, 4) is 0 Å². The van der Waals surface area contributed by atoms with Gasteiger partial charge in [0.05, 0.1) is 10.5 Å². The molecule has 0 atom stereocenters. The van der Waals surface area contributed by atoms with E-state index in [9.17, 15) is 28.1 Å². The third-order valence-corrected chi connectivity index (χ3v) is 3.01. The average molecular weight is 336 g/mol. The molecule has 0 saturated heterocycles. The number of alkyl halides is 3. The monoisotopic (exact) mass is 336 g/mol. The van der Waals surface area contributed by atoms with E-state index in [4.69, 9.17) is 0 Å². The molecule has 124 valence electrons. The summed E-state index contributed by atoms with van der Waals surface area (Å²) in [6, 6.07) is 9.59. The molecule has 2 aromatic carbocycles. The Morgan fingerprint density at radius 2 is 1.62 bits per heavy atom. The number of amides is 1. The van der Waals surface area contributed by atoms with E-state index in [1.54, 1.807) is 0 Å². The fraction of sp³-hybridized carbons (Fsp3) is 0.0625. The average Bonchev–Trinajstić information content (AvgIpc) is 2.53. The number of carbonyl (C=O) groups excluding carboxylic acids is 1. The van der Waals surface area contributed by atoms with Gasteiger partial charge in [0.25, 0.3) is 5.69 Å². The number of nitro groups is 1. The first-order valence-electron chi connectivity index (χ1n) is 6.66. The van der Waals surface area contributed by atoms with Crippen molar-refractivity contribution in [1.82, 2.24) is 0 Å². The molecule has 24 heavy (non-hydrogen) atoms. The molecule has 5 nitrogen and oxygen atoms in total. The Hall–Kier alpha value is -3.16. The maximum atomic E-state index is 12.4. The Morgan fingerprint density at radius 1 is 1.04 bits per heavy atom. The molecule has 0 unspecified atom stereocenters. The van der Waals surface area contributed by atoms with E-state index in [0.717, 1.165) is 24.3 Å². The van der Waals surface area contributed by atoms with Crippen molar-refractivity contribution in [2.45, 2.75) is 6.18 Å². The van der Waals surface area contributed by atoms with E-state index in [1.807, 2.05) is 0 Å². The molecule has 8 heteroatoms. The van der Waals surface area contributed by atoms with Crippen LogP contribution in [0, 0.1) is 10.1 Å². The molecule has 0 aliphatic carbocycles. The number of carbonyl (C=O) groups is 1. The van der Waals surface area contributed by atoms with Crippen molar-refractivity contribution in [2.75, 3.05) is 5.32 Å². The van der Waals surface area contributed by atoms with Crippen LogP contribution in [0.5, 0.6) is 0 Å². The largest absolute Gasteiger partial charge is 0.416 e. The van der Waals surface area contributed by atoms with Crippen molar-refractivity contribution >= 4 is 23.4 Å². The molecule has 2 rings (SSSR count). The molecule has 0 spiro atoms. The van der Waals surface area contributed by atoms with Crippen LogP contribution in [-0.4, -0.2) is 10.8 Å². The third-order valence-electron chi connectivity index (χ3n) is 3.01. The van der Waals surface area contributed by atoms with Crippen molar-refractivity contribution in [2.24, 2.45) is 0 Å². The van der Waals surface area contributed by atoms with Crippen molar-refractivity contribution in [3.63, 3.8) is 0 Å². The number of rotatable bonds is 4. The van der Waals surface area contributed by atoms with Gasteiger partial charge in [-0.25, -0.2) is 0 Å². The molecular weight excluding hydrogens is 325 g/mol. The highest BCUT2D eigenvalue weighted by atomic mass is 19.4. The maximum absolute atomic E-state index is 12.4. The van der Waals surface area contributed by atoms with Crippen LogP contribution in [0.3, 0.4) is 0 Å². The van der Waals surface area contributed by atoms with Gasteiger partial charge in [-0.2, -0.15) is 13.2 Å². The van der Waals surface area contributed by atoms with Crippen LogP contribution >= 0.6 is 0 Å². The molecule has 0 radical (unpaired) electrons. The van der Waals surface area contributed by atoms with Crippen LogP contribution in [0.25, 0.3) is 6.08 Å². The fourth-order valence-electron chi connectivity index (χ4n) is 1.81. The number of hydrogen-bond acceptors (Lipinski definition) is 3. The zero-order valence-electron chi connectivity index (χ0n) is 12.1.